The van der Waals surface area contributed by atoms with Crippen LogP contribution >= 0.6 is 11.3 Å². The van der Waals surface area contributed by atoms with E-state index in [1.807, 2.05) is 31.2 Å². The van der Waals surface area contributed by atoms with Crippen LogP contribution in [-0.4, -0.2) is 36.7 Å². The van der Waals surface area contributed by atoms with E-state index in [0.717, 1.165) is 26.8 Å². The van der Waals surface area contributed by atoms with Crippen LogP contribution in [0.5, 0.6) is 5.75 Å². The zero-order valence-corrected chi connectivity index (χ0v) is 16.7. The number of nitrogens with one attached hydrogen (secondary N) is 2. The van der Waals surface area contributed by atoms with E-state index in [-0.39, 0.29) is 18.2 Å². The number of fused-ring (bicyclic) bond motifs is 3. The maximum atomic E-state index is 12.9. The summed E-state index contributed by atoms with van der Waals surface area (Å²) < 4.78 is 10.8. The summed E-state index contributed by atoms with van der Waals surface area (Å²) in [5.41, 5.74) is 2.62. The molecule has 4 rings (SSSR count). The minimum Gasteiger partial charge on any atom is -0.493 e. The second-order valence-corrected chi connectivity index (χ2v) is 7.71. The zero-order chi connectivity index (χ0) is 19.7. The zero-order valence-electron chi connectivity index (χ0n) is 15.9. The van der Waals surface area contributed by atoms with E-state index in [4.69, 9.17) is 9.47 Å². The molecule has 1 atom stereocenters. The Labute approximate surface area is 167 Å². The topological polar surface area (TPSA) is 79.9 Å². The summed E-state index contributed by atoms with van der Waals surface area (Å²) in [6, 6.07) is 7.69. The Morgan fingerprint density at radius 1 is 1.25 bits per heavy atom. The van der Waals surface area contributed by atoms with Crippen molar-refractivity contribution in [1.82, 2.24) is 10.2 Å². The van der Waals surface area contributed by atoms with Gasteiger partial charge in [-0.15, -0.1) is 11.3 Å². The van der Waals surface area contributed by atoms with Gasteiger partial charge in [0.05, 0.1) is 25.3 Å². The lowest BCUT2D eigenvalue weighted by Crippen LogP contribution is -2.39. The van der Waals surface area contributed by atoms with Crippen molar-refractivity contribution in [2.45, 2.75) is 33.0 Å². The summed E-state index contributed by atoms with van der Waals surface area (Å²) in [6.45, 7) is 5.67. The second kappa shape index (κ2) is 7.71. The van der Waals surface area contributed by atoms with Crippen LogP contribution in [0.2, 0.25) is 0 Å². The van der Waals surface area contributed by atoms with Gasteiger partial charge in [-0.25, -0.2) is 4.79 Å². The first-order valence-corrected chi connectivity index (χ1v) is 10.3. The molecular formula is C20H23N3O4S. The van der Waals surface area contributed by atoms with E-state index in [1.54, 1.807) is 11.8 Å². The van der Waals surface area contributed by atoms with Crippen molar-refractivity contribution in [1.29, 1.82) is 0 Å². The molecule has 0 saturated heterocycles. The number of hydrogen-bond donors (Lipinski definition) is 2. The fourth-order valence-electron chi connectivity index (χ4n) is 3.65. The van der Waals surface area contributed by atoms with Gasteiger partial charge in [-0.1, -0.05) is 18.2 Å². The van der Waals surface area contributed by atoms with Crippen LogP contribution < -0.4 is 15.4 Å². The number of anilines is 1. The van der Waals surface area contributed by atoms with Crippen molar-refractivity contribution in [2.24, 2.45) is 0 Å². The molecule has 2 N–H and O–H groups in total. The highest BCUT2D eigenvalue weighted by Crippen LogP contribution is 2.41. The van der Waals surface area contributed by atoms with Crippen molar-refractivity contribution in [3.8, 4) is 5.75 Å². The molecule has 2 aromatic rings. The van der Waals surface area contributed by atoms with E-state index in [0.29, 0.717) is 38.3 Å². The van der Waals surface area contributed by atoms with Crippen molar-refractivity contribution >= 4 is 28.3 Å². The molecule has 0 saturated carbocycles. The van der Waals surface area contributed by atoms with Crippen LogP contribution in [0.3, 0.4) is 0 Å². The third-order valence-corrected chi connectivity index (χ3v) is 6.04. The third-order valence-electron chi connectivity index (χ3n) is 4.89. The van der Waals surface area contributed by atoms with Crippen molar-refractivity contribution in [3.63, 3.8) is 0 Å². The van der Waals surface area contributed by atoms with E-state index in [9.17, 15) is 9.59 Å². The summed E-state index contributed by atoms with van der Waals surface area (Å²) in [5.74, 6) is 0.660. The highest BCUT2D eigenvalue weighted by atomic mass is 32.1. The Kier molecular flexibility index (Phi) is 5.13. The number of nitrogens with zero attached hydrogens (tertiary/aromatic N) is 1. The number of benzene rings is 1. The lowest BCUT2D eigenvalue weighted by atomic mass is 10.0. The Bertz CT molecular complexity index is 911. The number of ether oxygens (including phenoxy) is 2. The predicted molar refractivity (Wildman–Crippen MR) is 107 cm³/mol. The molecule has 7 nitrogen and oxygen atoms in total. The quantitative estimate of drug-likeness (QED) is 0.820. The molecule has 2 amide bonds. The van der Waals surface area contributed by atoms with Gasteiger partial charge in [0.2, 0.25) is 0 Å². The van der Waals surface area contributed by atoms with Crippen LogP contribution in [0.25, 0.3) is 0 Å². The first-order valence-electron chi connectivity index (χ1n) is 9.47. The Morgan fingerprint density at radius 2 is 2.07 bits per heavy atom. The first-order chi connectivity index (χ1) is 13.6. The fraction of sp³-hybridized carbons (Fsp3) is 0.400. The van der Waals surface area contributed by atoms with E-state index < -0.39 is 0 Å². The summed E-state index contributed by atoms with van der Waals surface area (Å²) in [6.07, 6.45) is -0.0144. The first kappa shape index (κ1) is 18.6. The Balaban J connectivity index is 1.61. The minimum atomic E-state index is -0.357. The highest BCUT2D eigenvalue weighted by Gasteiger charge is 2.35. The summed E-state index contributed by atoms with van der Waals surface area (Å²) in [5, 5.41) is 7.33. The largest absolute Gasteiger partial charge is 0.493 e. The lowest BCUT2D eigenvalue weighted by molar-refractivity contribution is 0.0933. The summed E-state index contributed by atoms with van der Waals surface area (Å²) in [4.78, 5) is 27.7. The van der Waals surface area contributed by atoms with Gasteiger partial charge in [0.15, 0.2) is 0 Å². The molecule has 0 bridgehead atoms. The van der Waals surface area contributed by atoms with Gasteiger partial charge in [0, 0.05) is 17.0 Å². The van der Waals surface area contributed by atoms with Gasteiger partial charge in [0.25, 0.3) is 5.91 Å². The van der Waals surface area contributed by atoms with Gasteiger partial charge in [-0.05, 0) is 31.9 Å². The Hall–Kier alpha value is -2.74. The molecule has 2 aliphatic heterocycles. The average molecular weight is 401 g/mol. The maximum Gasteiger partial charge on any atom is 0.410 e. The maximum absolute atomic E-state index is 12.9. The third kappa shape index (κ3) is 3.28. The molecular weight excluding hydrogens is 378 g/mol. The Morgan fingerprint density at radius 3 is 2.86 bits per heavy atom. The number of carbonyl (C=O) groups is 2. The monoisotopic (exact) mass is 401 g/mol. The molecule has 148 valence electrons. The molecule has 1 aromatic heterocycles. The molecule has 3 heterocycles. The van der Waals surface area contributed by atoms with E-state index in [1.165, 1.54) is 11.3 Å². The number of hydrogen-bond acceptors (Lipinski definition) is 6. The number of para-hydroxylation sites is 1. The molecule has 0 spiro atoms. The summed E-state index contributed by atoms with van der Waals surface area (Å²) in [7, 11) is 0. The predicted octanol–water partition coefficient (Wildman–Crippen LogP) is 3.52. The number of rotatable bonds is 4. The summed E-state index contributed by atoms with van der Waals surface area (Å²) >= 11 is 1.54. The average Bonchev–Trinajstić information content (AvgIpc) is 3.07. The number of carbonyl (C=O) groups excluding carboxylic acids is 2. The van der Waals surface area contributed by atoms with Gasteiger partial charge in [-0.2, -0.15) is 0 Å². The molecule has 0 radical (unpaired) electrons. The molecule has 28 heavy (non-hydrogen) atoms. The van der Waals surface area contributed by atoms with Gasteiger partial charge < -0.3 is 25.0 Å². The number of amides is 2. The van der Waals surface area contributed by atoms with Crippen LogP contribution in [0.1, 0.15) is 46.4 Å². The molecule has 0 unspecified atom stereocenters. The van der Waals surface area contributed by atoms with E-state index >= 15 is 0 Å². The molecule has 8 heteroatoms. The van der Waals surface area contributed by atoms with Gasteiger partial charge in [0.1, 0.15) is 16.9 Å². The van der Waals surface area contributed by atoms with Crippen molar-refractivity contribution in [3.05, 3.63) is 45.8 Å². The SMILES string of the molecule is CCOC(=O)N1CCc2c(sc3c2C(=O)N[C@H](c2ccccc2OCC)N3)C1. The van der Waals surface area contributed by atoms with Gasteiger partial charge in [-0.3, -0.25) is 4.79 Å². The van der Waals surface area contributed by atoms with Crippen molar-refractivity contribution < 1.29 is 19.1 Å². The molecule has 0 fully saturated rings. The molecule has 1 aromatic carbocycles. The van der Waals surface area contributed by atoms with Crippen LogP contribution in [0.4, 0.5) is 9.80 Å². The van der Waals surface area contributed by atoms with Crippen LogP contribution in [0.15, 0.2) is 24.3 Å². The molecule has 2 aliphatic rings. The normalized spacial score (nSPS) is 17.9. The van der Waals surface area contributed by atoms with Crippen LogP contribution in [-0.2, 0) is 17.7 Å². The van der Waals surface area contributed by atoms with Crippen molar-refractivity contribution in [2.75, 3.05) is 25.1 Å². The highest BCUT2D eigenvalue weighted by molar-refractivity contribution is 7.16. The standard InChI is InChI=1S/C20H23N3O4S/c1-3-26-14-8-6-5-7-12(14)17-21-18(24)16-13-9-10-23(20(25)27-4-2)11-15(13)28-19(16)22-17/h5-8,17,22H,3-4,9-11H2,1-2H3,(H,21,24)/t17-/m0/s1. The van der Waals surface area contributed by atoms with E-state index in [2.05, 4.69) is 10.6 Å². The van der Waals surface area contributed by atoms with Crippen LogP contribution in [0, 0.1) is 0 Å². The molecule has 0 aliphatic carbocycles. The fourth-order valence-corrected chi connectivity index (χ4v) is 4.94. The second-order valence-electron chi connectivity index (χ2n) is 6.60. The number of thiophene rings is 1. The lowest BCUT2D eigenvalue weighted by Gasteiger charge is -2.29. The minimum absolute atomic E-state index is 0.0906. The van der Waals surface area contributed by atoms with Gasteiger partial charge >= 0.3 is 6.09 Å². The smallest absolute Gasteiger partial charge is 0.410 e.